The van der Waals surface area contributed by atoms with Crippen LogP contribution in [0.5, 0.6) is 0 Å². The molecule has 0 fully saturated rings. The van der Waals surface area contributed by atoms with Crippen LogP contribution in [0.3, 0.4) is 0 Å². The van der Waals surface area contributed by atoms with Crippen LogP contribution in [-0.4, -0.2) is 9.32 Å². The van der Waals surface area contributed by atoms with Crippen molar-refractivity contribution < 1.29 is 4.92 Å². The predicted molar refractivity (Wildman–Crippen MR) is 95.7 cm³/mol. The van der Waals surface area contributed by atoms with Crippen LogP contribution < -0.4 is 0 Å². The van der Waals surface area contributed by atoms with Gasteiger partial charge in [0.1, 0.15) is 0 Å². The number of rotatable bonds is 2. The molecule has 0 spiro atoms. The molecule has 0 aliphatic rings. The first-order valence-electron chi connectivity index (χ1n) is 7.73. The Morgan fingerprint density at radius 2 is 1.62 bits per heavy atom. The molecule has 0 saturated heterocycles. The van der Waals surface area contributed by atoms with Crippen molar-refractivity contribution in [1.82, 2.24) is 4.40 Å². The molecule has 5 rings (SSSR count). The Morgan fingerprint density at radius 1 is 0.833 bits per heavy atom. The van der Waals surface area contributed by atoms with E-state index in [1.807, 2.05) is 36.4 Å². The maximum atomic E-state index is 11.5. The van der Waals surface area contributed by atoms with Gasteiger partial charge in [-0.15, -0.1) is 0 Å². The van der Waals surface area contributed by atoms with Gasteiger partial charge in [-0.05, 0) is 23.8 Å². The van der Waals surface area contributed by atoms with Gasteiger partial charge < -0.3 is 4.40 Å². The SMILES string of the molecule is O=[N+]([O-])c1ccccc1-c1ccc2ccn3c4ccccc4c1c23. The number of nitrogens with zero attached hydrogens (tertiary/aromatic N) is 2. The molecule has 3 aromatic carbocycles. The molecule has 0 amide bonds. The lowest BCUT2D eigenvalue weighted by molar-refractivity contribution is -0.384. The average Bonchev–Trinajstić information content (AvgIpc) is 3.18. The zero-order valence-corrected chi connectivity index (χ0v) is 12.6. The summed E-state index contributed by atoms with van der Waals surface area (Å²) in [7, 11) is 0. The third kappa shape index (κ3) is 1.57. The molecular formula is C20H12N2O2. The highest BCUT2D eigenvalue weighted by atomic mass is 16.6. The van der Waals surface area contributed by atoms with Gasteiger partial charge in [-0.3, -0.25) is 10.1 Å². The quantitative estimate of drug-likeness (QED) is 0.330. The molecule has 0 radical (unpaired) electrons. The molecular weight excluding hydrogens is 300 g/mol. The summed E-state index contributed by atoms with van der Waals surface area (Å²) in [5.41, 5.74) is 3.93. The van der Waals surface area contributed by atoms with Crippen LogP contribution in [0.4, 0.5) is 5.69 Å². The number of nitro benzene ring substituents is 1. The molecule has 4 heteroatoms. The smallest absolute Gasteiger partial charge is 0.277 e. The summed E-state index contributed by atoms with van der Waals surface area (Å²) in [6, 6.07) is 21.2. The fourth-order valence-electron chi connectivity index (χ4n) is 3.68. The summed E-state index contributed by atoms with van der Waals surface area (Å²) in [6.07, 6.45) is 2.06. The summed E-state index contributed by atoms with van der Waals surface area (Å²) < 4.78 is 2.16. The fourth-order valence-corrected chi connectivity index (χ4v) is 3.68. The molecule has 0 atom stereocenters. The second-order valence-electron chi connectivity index (χ2n) is 5.90. The minimum Gasteiger partial charge on any atom is -0.315 e. The standard InChI is InChI=1S/C20H12N2O2/c23-22(24)18-8-4-1-5-14(18)15-10-9-13-11-12-21-17-7-3-2-6-16(17)19(15)20(13)21/h1-12H. The highest BCUT2D eigenvalue weighted by molar-refractivity contribution is 6.20. The average molecular weight is 312 g/mol. The Labute approximate surface area is 137 Å². The van der Waals surface area contributed by atoms with E-state index >= 15 is 0 Å². The van der Waals surface area contributed by atoms with E-state index < -0.39 is 0 Å². The molecule has 4 nitrogen and oxygen atoms in total. The van der Waals surface area contributed by atoms with Crippen LogP contribution in [0, 0.1) is 10.1 Å². The van der Waals surface area contributed by atoms with Crippen molar-refractivity contribution in [3.63, 3.8) is 0 Å². The summed E-state index contributed by atoms with van der Waals surface area (Å²) in [4.78, 5) is 11.2. The van der Waals surface area contributed by atoms with Crippen LogP contribution in [-0.2, 0) is 0 Å². The maximum Gasteiger partial charge on any atom is 0.277 e. The van der Waals surface area contributed by atoms with Crippen LogP contribution in [0.2, 0.25) is 0 Å². The Hall–Kier alpha value is -3.40. The number of fused-ring (bicyclic) bond motifs is 3. The zero-order chi connectivity index (χ0) is 16.3. The van der Waals surface area contributed by atoms with Crippen molar-refractivity contribution in [2.45, 2.75) is 0 Å². The van der Waals surface area contributed by atoms with Gasteiger partial charge in [0.05, 0.1) is 21.5 Å². The van der Waals surface area contributed by atoms with Gasteiger partial charge in [-0.2, -0.15) is 0 Å². The van der Waals surface area contributed by atoms with Crippen molar-refractivity contribution in [3.05, 3.63) is 83.0 Å². The largest absolute Gasteiger partial charge is 0.315 e. The van der Waals surface area contributed by atoms with Gasteiger partial charge in [0, 0.05) is 28.4 Å². The van der Waals surface area contributed by atoms with Crippen LogP contribution in [0.15, 0.2) is 72.9 Å². The molecule has 0 aliphatic carbocycles. The maximum absolute atomic E-state index is 11.5. The number of nitro groups is 1. The molecule has 0 bridgehead atoms. The van der Waals surface area contributed by atoms with E-state index in [4.69, 9.17) is 0 Å². The first-order chi connectivity index (χ1) is 11.8. The first-order valence-corrected chi connectivity index (χ1v) is 7.73. The topological polar surface area (TPSA) is 47.5 Å². The lowest BCUT2D eigenvalue weighted by atomic mass is 9.97. The van der Waals surface area contributed by atoms with E-state index in [-0.39, 0.29) is 10.6 Å². The Morgan fingerprint density at radius 3 is 2.50 bits per heavy atom. The Bertz CT molecular complexity index is 1240. The molecule has 2 aromatic heterocycles. The summed E-state index contributed by atoms with van der Waals surface area (Å²) >= 11 is 0. The van der Waals surface area contributed by atoms with Gasteiger partial charge in [0.2, 0.25) is 0 Å². The van der Waals surface area contributed by atoms with Gasteiger partial charge in [-0.1, -0.05) is 42.5 Å². The van der Waals surface area contributed by atoms with E-state index in [0.717, 1.165) is 32.8 Å². The minimum atomic E-state index is -0.313. The van der Waals surface area contributed by atoms with Crippen LogP contribution >= 0.6 is 0 Å². The van der Waals surface area contributed by atoms with Gasteiger partial charge in [-0.25, -0.2) is 0 Å². The molecule has 0 saturated carbocycles. The van der Waals surface area contributed by atoms with E-state index in [0.29, 0.717) is 5.56 Å². The van der Waals surface area contributed by atoms with Crippen molar-refractivity contribution in [2.24, 2.45) is 0 Å². The summed E-state index contributed by atoms with van der Waals surface area (Å²) in [5, 5.41) is 14.8. The summed E-state index contributed by atoms with van der Waals surface area (Å²) in [6.45, 7) is 0. The summed E-state index contributed by atoms with van der Waals surface area (Å²) in [5.74, 6) is 0. The highest BCUT2D eigenvalue weighted by Gasteiger charge is 2.20. The number of aromatic nitrogens is 1. The van der Waals surface area contributed by atoms with E-state index in [1.165, 1.54) is 0 Å². The van der Waals surface area contributed by atoms with E-state index in [2.05, 4.69) is 28.8 Å². The van der Waals surface area contributed by atoms with E-state index in [1.54, 1.807) is 12.1 Å². The lowest BCUT2D eigenvalue weighted by Gasteiger charge is -2.06. The van der Waals surface area contributed by atoms with Crippen molar-refractivity contribution >= 4 is 32.9 Å². The van der Waals surface area contributed by atoms with Gasteiger partial charge in [0.25, 0.3) is 5.69 Å². The second-order valence-corrected chi connectivity index (χ2v) is 5.90. The predicted octanol–water partition coefficient (Wildman–Crippen LogP) is 5.26. The van der Waals surface area contributed by atoms with Gasteiger partial charge in [0.15, 0.2) is 0 Å². The third-order valence-corrected chi connectivity index (χ3v) is 4.68. The Kier molecular flexibility index (Phi) is 2.48. The zero-order valence-electron chi connectivity index (χ0n) is 12.6. The number of para-hydroxylation sites is 2. The third-order valence-electron chi connectivity index (χ3n) is 4.68. The van der Waals surface area contributed by atoms with Crippen molar-refractivity contribution in [2.75, 3.05) is 0 Å². The molecule has 0 aliphatic heterocycles. The number of hydrogen-bond acceptors (Lipinski definition) is 2. The highest BCUT2D eigenvalue weighted by Crippen LogP contribution is 2.41. The van der Waals surface area contributed by atoms with Crippen LogP contribution in [0.25, 0.3) is 38.3 Å². The molecule has 0 unspecified atom stereocenters. The molecule has 5 aromatic rings. The van der Waals surface area contributed by atoms with Crippen molar-refractivity contribution in [3.8, 4) is 11.1 Å². The Balaban J connectivity index is 2.01. The molecule has 2 heterocycles. The minimum absolute atomic E-state index is 0.135. The molecule has 114 valence electrons. The second kappa shape index (κ2) is 4.55. The van der Waals surface area contributed by atoms with E-state index in [9.17, 15) is 10.1 Å². The lowest BCUT2D eigenvalue weighted by Crippen LogP contribution is -1.91. The fraction of sp³-hybridized carbons (Fsp3) is 0. The van der Waals surface area contributed by atoms with Crippen LogP contribution in [0.1, 0.15) is 0 Å². The number of benzene rings is 3. The number of hydrogen-bond donors (Lipinski definition) is 0. The van der Waals surface area contributed by atoms with Crippen molar-refractivity contribution in [1.29, 1.82) is 0 Å². The molecule has 24 heavy (non-hydrogen) atoms. The molecule has 0 N–H and O–H groups in total. The normalized spacial score (nSPS) is 11.7. The van der Waals surface area contributed by atoms with Gasteiger partial charge >= 0.3 is 0 Å². The first kappa shape index (κ1) is 13.1. The monoisotopic (exact) mass is 312 g/mol.